The number of rotatable bonds is 2. The Labute approximate surface area is 120 Å². The van der Waals surface area contributed by atoms with Crippen LogP contribution in [0.25, 0.3) is 0 Å². The fourth-order valence-corrected chi connectivity index (χ4v) is 2.73. The summed E-state index contributed by atoms with van der Waals surface area (Å²) in [7, 11) is 0. The van der Waals surface area contributed by atoms with Crippen LogP contribution < -0.4 is 0 Å². The van der Waals surface area contributed by atoms with Gasteiger partial charge in [-0.15, -0.1) is 0 Å². The molecule has 1 unspecified atom stereocenters. The van der Waals surface area contributed by atoms with E-state index in [1.807, 2.05) is 6.92 Å². The smallest absolute Gasteiger partial charge is 0.336 e. The van der Waals surface area contributed by atoms with Crippen molar-refractivity contribution in [2.75, 3.05) is 6.54 Å². The molecular weight excluding hydrogens is 286 g/mol. The van der Waals surface area contributed by atoms with Gasteiger partial charge in [0.05, 0.1) is 5.56 Å². The Kier molecular flexibility index (Phi) is 4.54. The van der Waals surface area contributed by atoms with Gasteiger partial charge in [0.2, 0.25) is 0 Å². The minimum atomic E-state index is -4.80. The van der Waals surface area contributed by atoms with E-state index in [1.165, 1.54) is 0 Å². The number of benzene rings is 1. The highest BCUT2D eigenvalue weighted by Crippen LogP contribution is 2.32. The van der Waals surface area contributed by atoms with Crippen LogP contribution in [-0.2, 0) is 6.18 Å². The molecule has 1 amide bonds. The zero-order valence-electron chi connectivity index (χ0n) is 11.7. The summed E-state index contributed by atoms with van der Waals surface area (Å²) in [5.74, 6) is -1.81. The van der Waals surface area contributed by atoms with Crippen LogP contribution in [0.2, 0.25) is 0 Å². The molecule has 0 radical (unpaired) electrons. The molecule has 1 heterocycles. The van der Waals surface area contributed by atoms with Gasteiger partial charge in [-0.1, -0.05) is 6.92 Å². The SMILES string of the molecule is CCC1CCCCN1C(=O)c1ccc(F)c(C(F)(F)F)c1. The monoisotopic (exact) mass is 303 g/mol. The standard InChI is InChI=1S/C15H17F4NO/c1-2-11-5-3-4-8-20(11)14(21)10-6-7-13(16)12(9-10)15(17,18)19/h6-7,9,11H,2-5,8H2,1H3. The zero-order chi connectivity index (χ0) is 15.6. The van der Waals surface area contributed by atoms with Crippen LogP contribution in [0.4, 0.5) is 17.6 Å². The van der Waals surface area contributed by atoms with Crippen LogP contribution in [0.5, 0.6) is 0 Å². The molecule has 1 aromatic rings. The van der Waals surface area contributed by atoms with Gasteiger partial charge in [0.25, 0.3) is 5.91 Å². The van der Waals surface area contributed by atoms with E-state index in [9.17, 15) is 22.4 Å². The van der Waals surface area contributed by atoms with E-state index >= 15 is 0 Å². The van der Waals surface area contributed by atoms with Gasteiger partial charge in [-0.2, -0.15) is 13.2 Å². The maximum atomic E-state index is 13.3. The molecule has 1 aliphatic heterocycles. The summed E-state index contributed by atoms with van der Waals surface area (Å²) in [4.78, 5) is 14.0. The summed E-state index contributed by atoms with van der Waals surface area (Å²) in [5.41, 5.74) is -1.50. The van der Waals surface area contributed by atoms with Crippen LogP contribution in [-0.4, -0.2) is 23.4 Å². The number of carbonyl (C=O) groups excluding carboxylic acids is 1. The molecular formula is C15H17F4NO. The Morgan fingerprint density at radius 3 is 2.67 bits per heavy atom. The molecule has 116 valence electrons. The average Bonchev–Trinajstić information content (AvgIpc) is 2.45. The lowest BCUT2D eigenvalue weighted by atomic mass is 9.98. The highest BCUT2D eigenvalue weighted by Gasteiger charge is 2.35. The van der Waals surface area contributed by atoms with E-state index in [0.29, 0.717) is 18.7 Å². The van der Waals surface area contributed by atoms with Gasteiger partial charge >= 0.3 is 6.18 Å². The third-order valence-electron chi connectivity index (χ3n) is 3.88. The first kappa shape index (κ1) is 15.8. The van der Waals surface area contributed by atoms with Gasteiger partial charge in [0.15, 0.2) is 0 Å². The number of piperidine rings is 1. The van der Waals surface area contributed by atoms with Gasteiger partial charge in [-0.25, -0.2) is 4.39 Å². The molecule has 2 nitrogen and oxygen atoms in total. The van der Waals surface area contributed by atoms with Crippen LogP contribution in [0, 0.1) is 5.82 Å². The molecule has 1 aliphatic rings. The third kappa shape index (κ3) is 3.36. The molecule has 0 saturated carbocycles. The van der Waals surface area contributed by atoms with E-state index in [-0.39, 0.29) is 11.6 Å². The molecule has 6 heteroatoms. The van der Waals surface area contributed by atoms with Gasteiger partial charge in [-0.3, -0.25) is 4.79 Å². The van der Waals surface area contributed by atoms with E-state index in [1.54, 1.807) is 4.90 Å². The fraction of sp³-hybridized carbons (Fsp3) is 0.533. The van der Waals surface area contributed by atoms with Crippen molar-refractivity contribution >= 4 is 5.91 Å². The number of carbonyl (C=O) groups is 1. The van der Waals surface area contributed by atoms with Gasteiger partial charge in [-0.05, 0) is 43.9 Å². The molecule has 0 N–H and O–H groups in total. The Hall–Kier alpha value is -1.59. The molecule has 0 bridgehead atoms. The molecule has 0 aromatic heterocycles. The summed E-state index contributed by atoms with van der Waals surface area (Å²) >= 11 is 0. The Balaban J connectivity index is 2.31. The highest BCUT2D eigenvalue weighted by molar-refractivity contribution is 5.94. The van der Waals surface area contributed by atoms with Gasteiger partial charge < -0.3 is 4.90 Å². The van der Waals surface area contributed by atoms with Crippen LogP contribution in [0.3, 0.4) is 0 Å². The summed E-state index contributed by atoms with van der Waals surface area (Å²) in [6, 6.07) is 2.49. The molecule has 1 atom stereocenters. The summed E-state index contributed by atoms with van der Waals surface area (Å²) in [5, 5.41) is 0. The lowest BCUT2D eigenvalue weighted by molar-refractivity contribution is -0.140. The van der Waals surface area contributed by atoms with E-state index < -0.39 is 23.5 Å². The maximum absolute atomic E-state index is 13.3. The van der Waals surface area contributed by atoms with Crippen molar-refractivity contribution in [2.24, 2.45) is 0 Å². The van der Waals surface area contributed by atoms with Crippen molar-refractivity contribution in [1.82, 2.24) is 4.90 Å². The highest BCUT2D eigenvalue weighted by atomic mass is 19.4. The first-order valence-corrected chi connectivity index (χ1v) is 7.02. The summed E-state index contributed by atoms with van der Waals surface area (Å²) < 4.78 is 51.4. The van der Waals surface area contributed by atoms with Gasteiger partial charge in [0, 0.05) is 18.2 Å². The minimum absolute atomic E-state index is 0.0469. The molecule has 21 heavy (non-hydrogen) atoms. The molecule has 1 fully saturated rings. The number of hydrogen-bond acceptors (Lipinski definition) is 1. The lowest BCUT2D eigenvalue weighted by Crippen LogP contribution is -2.43. The largest absolute Gasteiger partial charge is 0.419 e. The van der Waals surface area contributed by atoms with E-state index in [2.05, 4.69) is 0 Å². The second-order valence-corrected chi connectivity index (χ2v) is 5.25. The van der Waals surface area contributed by atoms with E-state index in [4.69, 9.17) is 0 Å². The first-order valence-electron chi connectivity index (χ1n) is 7.02. The second kappa shape index (κ2) is 6.03. The topological polar surface area (TPSA) is 20.3 Å². The number of alkyl halides is 3. The number of likely N-dealkylation sites (tertiary alicyclic amines) is 1. The molecule has 1 saturated heterocycles. The summed E-state index contributed by atoms with van der Waals surface area (Å²) in [6.07, 6.45) is -1.32. The van der Waals surface area contributed by atoms with Crippen molar-refractivity contribution in [2.45, 2.75) is 44.8 Å². The van der Waals surface area contributed by atoms with Crippen LogP contribution in [0.1, 0.15) is 48.5 Å². The predicted molar refractivity (Wildman–Crippen MR) is 70.4 cm³/mol. The number of hydrogen-bond donors (Lipinski definition) is 0. The third-order valence-corrected chi connectivity index (χ3v) is 3.88. The van der Waals surface area contributed by atoms with Crippen molar-refractivity contribution in [3.05, 3.63) is 35.1 Å². The number of nitrogens with zero attached hydrogens (tertiary/aromatic N) is 1. The molecule has 1 aromatic carbocycles. The quantitative estimate of drug-likeness (QED) is 0.748. The van der Waals surface area contributed by atoms with Crippen LogP contribution in [0.15, 0.2) is 18.2 Å². The number of halogens is 4. The van der Waals surface area contributed by atoms with Gasteiger partial charge in [0.1, 0.15) is 5.82 Å². The molecule has 2 rings (SSSR count). The molecule has 0 spiro atoms. The normalized spacial score (nSPS) is 19.7. The van der Waals surface area contributed by atoms with Crippen molar-refractivity contribution in [3.8, 4) is 0 Å². The predicted octanol–water partition coefficient (Wildman–Crippen LogP) is 4.25. The number of amides is 1. The summed E-state index contributed by atoms with van der Waals surface area (Å²) in [6.45, 7) is 2.48. The Morgan fingerprint density at radius 1 is 1.33 bits per heavy atom. The van der Waals surface area contributed by atoms with Crippen molar-refractivity contribution in [1.29, 1.82) is 0 Å². The minimum Gasteiger partial charge on any atom is -0.336 e. The van der Waals surface area contributed by atoms with Crippen molar-refractivity contribution < 1.29 is 22.4 Å². The van der Waals surface area contributed by atoms with E-state index in [0.717, 1.165) is 31.7 Å². The zero-order valence-corrected chi connectivity index (χ0v) is 11.7. The average molecular weight is 303 g/mol. The maximum Gasteiger partial charge on any atom is 0.419 e. The fourth-order valence-electron chi connectivity index (χ4n) is 2.73. The molecule has 0 aliphatic carbocycles. The Bertz CT molecular complexity index is 527. The van der Waals surface area contributed by atoms with Crippen molar-refractivity contribution in [3.63, 3.8) is 0 Å². The van der Waals surface area contributed by atoms with Crippen LogP contribution >= 0.6 is 0 Å². The lowest BCUT2D eigenvalue weighted by Gasteiger charge is -2.35. The second-order valence-electron chi connectivity index (χ2n) is 5.25. The Morgan fingerprint density at radius 2 is 2.05 bits per heavy atom. The first-order chi connectivity index (χ1) is 9.84.